The second kappa shape index (κ2) is 11.3. The summed E-state index contributed by atoms with van der Waals surface area (Å²) in [6, 6.07) is 0. The van der Waals surface area contributed by atoms with Crippen LogP contribution in [0.3, 0.4) is 0 Å². The summed E-state index contributed by atoms with van der Waals surface area (Å²) < 4.78 is 10.2. The average Bonchev–Trinajstić information content (AvgIpc) is 2.21. The zero-order valence-corrected chi connectivity index (χ0v) is 10.6. The van der Waals surface area contributed by atoms with Crippen LogP contribution in [-0.4, -0.2) is 82.0 Å². The third-order valence-electron chi connectivity index (χ3n) is 2.47. The molecule has 0 aromatic rings. The molecule has 2 fully saturated rings. The Balaban J connectivity index is 0. The van der Waals surface area contributed by atoms with E-state index in [1.165, 1.54) is 0 Å². The van der Waals surface area contributed by atoms with E-state index in [1.807, 2.05) is 0 Å². The van der Waals surface area contributed by atoms with Crippen molar-refractivity contribution in [1.29, 1.82) is 0 Å². The molecule has 0 amide bonds. The lowest BCUT2D eigenvalue weighted by molar-refractivity contribution is 0.0502. The van der Waals surface area contributed by atoms with Crippen molar-refractivity contribution >= 4 is 0 Å². The van der Waals surface area contributed by atoms with Gasteiger partial charge in [-0.25, -0.2) is 0 Å². The van der Waals surface area contributed by atoms with Crippen LogP contribution in [0.25, 0.3) is 0 Å². The molecule has 0 radical (unpaired) electrons. The SMILES string of the molecule is CN1CCOCC1.CN1CCOCC1.N.O. The summed E-state index contributed by atoms with van der Waals surface area (Å²) in [6.07, 6.45) is 0. The van der Waals surface area contributed by atoms with E-state index in [0.717, 1.165) is 52.6 Å². The summed E-state index contributed by atoms with van der Waals surface area (Å²) in [5.41, 5.74) is 0. The minimum atomic E-state index is 0. The Morgan fingerprint density at radius 2 is 0.938 bits per heavy atom. The van der Waals surface area contributed by atoms with Crippen molar-refractivity contribution in [2.45, 2.75) is 0 Å². The fraction of sp³-hybridized carbons (Fsp3) is 1.00. The molecule has 16 heavy (non-hydrogen) atoms. The van der Waals surface area contributed by atoms with Crippen molar-refractivity contribution < 1.29 is 14.9 Å². The Kier molecular flexibility index (Phi) is 12.8. The quantitative estimate of drug-likeness (QED) is 0.597. The number of rotatable bonds is 0. The Morgan fingerprint density at radius 3 is 1.06 bits per heavy atom. The average molecular weight is 237 g/mol. The molecule has 0 bridgehead atoms. The van der Waals surface area contributed by atoms with Crippen LogP contribution in [0.2, 0.25) is 0 Å². The van der Waals surface area contributed by atoms with E-state index in [1.54, 1.807) is 0 Å². The molecule has 2 saturated heterocycles. The number of morpholine rings is 2. The zero-order chi connectivity index (χ0) is 10.2. The van der Waals surface area contributed by atoms with Gasteiger partial charge in [-0.15, -0.1) is 0 Å². The molecule has 0 unspecified atom stereocenters. The van der Waals surface area contributed by atoms with Crippen LogP contribution in [0, 0.1) is 0 Å². The maximum atomic E-state index is 5.10. The molecule has 2 heterocycles. The molecule has 2 rings (SSSR count). The third-order valence-corrected chi connectivity index (χ3v) is 2.47. The van der Waals surface area contributed by atoms with Gasteiger partial charge in [-0.2, -0.15) is 0 Å². The fourth-order valence-corrected chi connectivity index (χ4v) is 1.31. The Hall–Kier alpha value is -0.240. The van der Waals surface area contributed by atoms with E-state index in [0.29, 0.717) is 0 Å². The molecule has 0 atom stereocenters. The van der Waals surface area contributed by atoms with Gasteiger partial charge in [0.15, 0.2) is 0 Å². The molecule has 0 aromatic heterocycles. The highest BCUT2D eigenvalue weighted by atomic mass is 16.5. The van der Waals surface area contributed by atoms with Gasteiger partial charge in [-0.1, -0.05) is 0 Å². The van der Waals surface area contributed by atoms with E-state index in [9.17, 15) is 0 Å². The molecule has 6 heteroatoms. The number of hydrogen-bond donors (Lipinski definition) is 1. The summed E-state index contributed by atoms with van der Waals surface area (Å²) in [4.78, 5) is 4.53. The van der Waals surface area contributed by atoms with E-state index in [4.69, 9.17) is 9.47 Å². The second-order valence-electron chi connectivity index (χ2n) is 3.83. The molecule has 5 N–H and O–H groups in total. The Bertz CT molecular complexity index is 121. The minimum absolute atomic E-state index is 0. The van der Waals surface area contributed by atoms with Crippen molar-refractivity contribution in [1.82, 2.24) is 16.0 Å². The molecule has 0 saturated carbocycles. The first kappa shape index (κ1) is 18.1. The first-order chi connectivity index (χ1) is 6.79. The second-order valence-corrected chi connectivity index (χ2v) is 3.83. The molecule has 0 spiro atoms. The standard InChI is InChI=1S/2C5H11NO.H3N.H2O/c2*1-6-2-4-7-5-3-6;;/h2*2-5H2,1H3;1H3;1H2. The van der Waals surface area contributed by atoms with Crippen LogP contribution < -0.4 is 6.15 Å². The Labute approximate surface area is 98.4 Å². The molecule has 0 aliphatic carbocycles. The first-order valence-electron chi connectivity index (χ1n) is 5.31. The lowest BCUT2D eigenvalue weighted by atomic mass is 10.5. The van der Waals surface area contributed by atoms with Crippen molar-refractivity contribution in [3.05, 3.63) is 0 Å². The highest BCUT2D eigenvalue weighted by Gasteiger charge is 2.02. The van der Waals surface area contributed by atoms with Crippen LogP contribution >= 0.6 is 0 Å². The van der Waals surface area contributed by atoms with Gasteiger partial charge in [-0.3, -0.25) is 0 Å². The van der Waals surface area contributed by atoms with Crippen molar-refractivity contribution in [2.24, 2.45) is 0 Å². The lowest BCUT2D eigenvalue weighted by Crippen LogP contribution is -2.32. The van der Waals surface area contributed by atoms with Crippen LogP contribution in [0.4, 0.5) is 0 Å². The topological polar surface area (TPSA) is 91.4 Å². The summed E-state index contributed by atoms with van der Waals surface area (Å²) in [5, 5.41) is 0. The third kappa shape index (κ3) is 9.02. The smallest absolute Gasteiger partial charge is 0.0594 e. The largest absolute Gasteiger partial charge is 0.412 e. The van der Waals surface area contributed by atoms with E-state index in [-0.39, 0.29) is 11.6 Å². The predicted molar refractivity (Wildman–Crippen MR) is 65.3 cm³/mol. The van der Waals surface area contributed by atoms with Crippen LogP contribution in [0.1, 0.15) is 0 Å². The summed E-state index contributed by atoms with van der Waals surface area (Å²) in [7, 11) is 4.23. The minimum Gasteiger partial charge on any atom is -0.412 e. The highest BCUT2D eigenvalue weighted by Crippen LogP contribution is 1.90. The maximum Gasteiger partial charge on any atom is 0.0594 e. The van der Waals surface area contributed by atoms with Gasteiger partial charge in [0.25, 0.3) is 0 Å². The van der Waals surface area contributed by atoms with Crippen LogP contribution in [0.15, 0.2) is 0 Å². The van der Waals surface area contributed by atoms with Gasteiger partial charge in [0.1, 0.15) is 0 Å². The van der Waals surface area contributed by atoms with Gasteiger partial charge in [-0.05, 0) is 14.1 Å². The summed E-state index contributed by atoms with van der Waals surface area (Å²) >= 11 is 0. The van der Waals surface area contributed by atoms with E-state index < -0.39 is 0 Å². The number of likely N-dealkylation sites (N-methyl/N-ethyl adjacent to an activating group) is 2. The van der Waals surface area contributed by atoms with Gasteiger partial charge in [0.05, 0.1) is 26.4 Å². The molecular weight excluding hydrogens is 210 g/mol. The maximum absolute atomic E-state index is 5.10. The molecule has 2 aliphatic heterocycles. The first-order valence-corrected chi connectivity index (χ1v) is 5.31. The summed E-state index contributed by atoms with van der Waals surface area (Å²) in [5.74, 6) is 0. The number of nitrogens with zero attached hydrogens (tertiary/aromatic N) is 2. The van der Waals surface area contributed by atoms with Crippen molar-refractivity contribution in [2.75, 3.05) is 66.7 Å². The molecule has 2 aliphatic rings. The summed E-state index contributed by atoms with van der Waals surface area (Å²) in [6.45, 7) is 8.04. The van der Waals surface area contributed by atoms with Gasteiger partial charge in [0.2, 0.25) is 0 Å². The van der Waals surface area contributed by atoms with Crippen molar-refractivity contribution in [3.8, 4) is 0 Å². The molecular formula is C10H27N3O3. The fourth-order valence-electron chi connectivity index (χ4n) is 1.31. The zero-order valence-electron chi connectivity index (χ0n) is 10.6. The van der Waals surface area contributed by atoms with Crippen molar-refractivity contribution in [3.63, 3.8) is 0 Å². The van der Waals surface area contributed by atoms with Crippen LogP contribution in [0.5, 0.6) is 0 Å². The number of ether oxygens (including phenoxy) is 2. The molecule has 6 nitrogen and oxygen atoms in total. The monoisotopic (exact) mass is 237 g/mol. The molecule has 0 aromatic carbocycles. The van der Waals surface area contributed by atoms with Gasteiger partial charge in [0, 0.05) is 26.2 Å². The predicted octanol–water partition coefficient (Wildman–Crippen LogP) is -0.766. The Morgan fingerprint density at radius 1 is 0.688 bits per heavy atom. The van der Waals surface area contributed by atoms with Gasteiger partial charge < -0.3 is 30.9 Å². The normalized spacial score (nSPS) is 22.1. The van der Waals surface area contributed by atoms with E-state index in [2.05, 4.69) is 23.9 Å². The van der Waals surface area contributed by atoms with E-state index >= 15 is 0 Å². The lowest BCUT2D eigenvalue weighted by Gasteiger charge is -2.21. The number of hydrogen-bond acceptors (Lipinski definition) is 5. The van der Waals surface area contributed by atoms with Gasteiger partial charge >= 0.3 is 0 Å². The highest BCUT2D eigenvalue weighted by molar-refractivity contribution is 4.54. The molecule has 100 valence electrons. The van der Waals surface area contributed by atoms with Crippen LogP contribution in [-0.2, 0) is 9.47 Å².